The topological polar surface area (TPSA) is 38.3 Å². The molecule has 0 aliphatic rings. The van der Waals surface area contributed by atoms with Gasteiger partial charge < -0.3 is 10.1 Å². The molecule has 0 saturated heterocycles. The van der Waals surface area contributed by atoms with E-state index in [-0.39, 0.29) is 11.7 Å². The average molecular weight is 251 g/mol. The van der Waals surface area contributed by atoms with Gasteiger partial charge in [0.2, 0.25) is 5.91 Å². The molecule has 1 aromatic rings. The third-order valence-corrected chi connectivity index (χ3v) is 2.39. The number of hydrogen-bond donors (Lipinski definition) is 1. The molecular weight excluding hydrogens is 233 g/mol. The summed E-state index contributed by atoms with van der Waals surface area (Å²) in [6.45, 7) is 2.34. The van der Waals surface area contributed by atoms with Crippen LogP contribution in [0.1, 0.15) is 25.3 Å². The fourth-order valence-corrected chi connectivity index (χ4v) is 1.45. The van der Waals surface area contributed by atoms with Gasteiger partial charge in [0.05, 0.1) is 7.11 Å². The fourth-order valence-electron chi connectivity index (χ4n) is 1.45. The van der Waals surface area contributed by atoms with Crippen LogP contribution in [0.3, 0.4) is 0 Å². The summed E-state index contributed by atoms with van der Waals surface area (Å²) in [6.07, 6.45) is 4.68. The molecule has 1 amide bonds. The van der Waals surface area contributed by atoms with E-state index in [1.54, 1.807) is 24.3 Å². The SMILES string of the molecule is CCCC(=O)NC/C=C\c1cc(OC)ccc1F. The maximum absolute atomic E-state index is 13.4. The van der Waals surface area contributed by atoms with E-state index in [2.05, 4.69) is 5.32 Å². The van der Waals surface area contributed by atoms with Gasteiger partial charge in [-0.2, -0.15) is 0 Å². The highest BCUT2D eigenvalue weighted by atomic mass is 19.1. The zero-order chi connectivity index (χ0) is 13.4. The average Bonchev–Trinajstić information content (AvgIpc) is 2.37. The minimum atomic E-state index is -0.313. The van der Waals surface area contributed by atoms with Crippen molar-refractivity contribution in [2.75, 3.05) is 13.7 Å². The Morgan fingerprint density at radius 3 is 2.94 bits per heavy atom. The summed E-state index contributed by atoms with van der Waals surface area (Å²) in [5.74, 6) is 0.297. The van der Waals surface area contributed by atoms with Crippen molar-refractivity contribution in [1.82, 2.24) is 5.32 Å². The quantitative estimate of drug-likeness (QED) is 0.844. The number of hydrogen-bond acceptors (Lipinski definition) is 2. The molecule has 0 aromatic heterocycles. The first-order chi connectivity index (χ1) is 8.67. The second-order valence-electron chi connectivity index (χ2n) is 3.84. The number of amides is 1. The van der Waals surface area contributed by atoms with E-state index in [4.69, 9.17) is 4.74 Å². The minimum Gasteiger partial charge on any atom is -0.497 e. The van der Waals surface area contributed by atoms with E-state index >= 15 is 0 Å². The van der Waals surface area contributed by atoms with Crippen molar-refractivity contribution in [1.29, 1.82) is 0 Å². The summed E-state index contributed by atoms with van der Waals surface area (Å²) in [7, 11) is 1.53. The molecule has 0 aliphatic carbocycles. The molecule has 1 N–H and O–H groups in total. The Morgan fingerprint density at radius 1 is 1.50 bits per heavy atom. The minimum absolute atomic E-state index is 0.00765. The Bertz CT molecular complexity index is 430. The molecule has 4 heteroatoms. The Morgan fingerprint density at radius 2 is 2.28 bits per heavy atom. The lowest BCUT2D eigenvalue weighted by atomic mass is 10.2. The molecule has 0 heterocycles. The van der Waals surface area contributed by atoms with Gasteiger partial charge in [-0.25, -0.2) is 4.39 Å². The molecule has 0 fully saturated rings. The first-order valence-corrected chi connectivity index (χ1v) is 5.94. The van der Waals surface area contributed by atoms with Gasteiger partial charge in [0.15, 0.2) is 0 Å². The van der Waals surface area contributed by atoms with Gasteiger partial charge in [0.25, 0.3) is 0 Å². The van der Waals surface area contributed by atoms with Crippen molar-refractivity contribution < 1.29 is 13.9 Å². The predicted octanol–water partition coefficient (Wildman–Crippen LogP) is 2.76. The molecule has 0 atom stereocenters. The van der Waals surface area contributed by atoms with Crippen LogP contribution >= 0.6 is 0 Å². The zero-order valence-corrected chi connectivity index (χ0v) is 10.7. The molecule has 18 heavy (non-hydrogen) atoms. The number of benzene rings is 1. The maximum atomic E-state index is 13.4. The van der Waals surface area contributed by atoms with E-state index in [0.29, 0.717) is 24.3 Å². The third kappa shape index (κ3) is 4.57. The van der Waals surface area contributed by atoms with Crippen molar-refractivity contribution >= 4 is 12.0 Å². The third-order valence-electron chi connectivity index (χ3n) is 2.39. The lowest BCUT2D eigenvalue weighted by Crippen LogP contribution is -2.22. The lowest BCUT2D eigenvalue weighted by Gasteiger charge is -2.02. The number of halogens is 1. The molecular formula is C14H18FNO2. The predicted molar refractivity (Wildman–Crippen MR) is 69.9 cm³/mol. The summed E-state index contributed by atoms with van der Waals surface area (Å²) in [4.78, 5) is 11.2. The van der Waals surface area contributed by atoms with E-state index in [1.165, 1.54) is 13.2 Å². The van der Waals surface area contributed by atoms with Crippen molar-refractivity contribution in [3.63, 3.8) is 0 Å². The van der Waals surface area contributed by atoms with Crippen LogP contribution in [-0.4, -0.2) is 19.6 Å². The molecule has 0 unspecified atom stereocenters. The van der Waals surface area contributed by atoms with Crippen LogP contribution in [0.2, 0.25) is 0 Å². The van der Waals surface area contributed by atoms with Gasteiger partial charge in [0.1, 0.15) is 11.6 Å². The maximum Gasteiger partial charge on any atom is 0.220 e. The summed E-state index contributed by atoms with van der Waals surface area (Å²) < 4.78 is 18.4. The van der Waals surface area contributed by atoms with Gasteiger partial charge in [0, 0.05) is 18.5 Å². The number of nitrogens with one attached hydrogen (secondary N) is 1. The van der Waals surface area contributed by atoms with Crippen LogP contribution in [0.5, 0.6) is 5.75 Å². The van der Waals surface area contributed by atoms with Crippen molar-refractivity contribution in [3.8, 4) is 5.75 Å². The number of rotatable bonds is 6. The second-order valence-corrected chi connectivity index (χ2v) is 3.84. The number of carbonyl (C=O) groups excluding carboxylic acids is 1. The second kappa shape index (κ2) is 7.48. The fraction of sp³-hybridized carbons (Fsp3) is 0.357. The van der Waals surface area contributed by atoms with Crippen molar-refractivity contribution in [2.24, 2.45) is 0 Å². The summed E-state index contributed by atoms with van der Waals surface area (Å²) in [5, 5.41) is 2.72. The van der Waals surface area contributed by atoms with Gasteiger partial charge in [-0.1, -0.05) is 19.1 Å². The number of carbonyl (C=O) groups is 1. The van der Waals surface area contributed by atoms with Crippen LogP contribution < -0.4 is 10.1 Å². The Kier molecular flexibility index (Phi) is 5.91. The van der Waals surface area contributed by atoms with Gasteiger partial charge in [-0.05, 0) is 24.6 Å². The highest BCUT2D eigenvalue weighted by molar-refractivity contribution is 5.76. The molecule has 0 saturated carbocycles. The van der Waals surface area contributed by atoms with Crippen LogP contribution in [0, 0.1) is 5.82 Å². The van der Waals surface area contributed by atoms with Crippen molar-refractivity contribution in [3.05, 3.63) is 35.7 Å². The standard InChI is InChI=1S/C14H18FNO2/c1-3-5-14(17)16-9-4-6-11-10-12(18-2)7-8-13(11)15/h4,6-8,10H,3,5,9H2,1-2H3,(H,16,17)/b6-4-. The molecule has 1 rings (SSSR count). The summed E-state index contributed by atoms with van der Waals surface area (Å²) in [6, 6.07) is 4.53. The van der Waals surface area contributed by atoms with Crippen molar-refractivity contribution in [2.45, 2.75) is 19.8 Å². The smallest absolute Gasteiger partial charge is 0.220 e. The first-order valence-electron chi connectivity index (χ1n) is 5.94. The van der Waals surface area contributed by atoms with E-state index < -0.39 is 0 Å². The van der Waals surface area contributed by atoms with Gasteiger partial charge in [-0.15, -0.1) is 0 Å². The van der Waals surface area contributed by atoms with E-state index in [0.717, 1.165) is 6.42 Å². The molecule has 0 spiro atoms. The first kappa shape index (κ1) is 14.2. The highest BCUT2D eigenvalue weighted by Gasteiger charge is 2.00. The van der Waals surface area contributed by atoms with Gasteiger partial charge in [-0.3, -0.25) is 4.79 Å². The Labute approximate surface area is 107 Å². The number of ether oxygens (including phenoxy) is 1. The monoisotopic (exact) mass is 251 g/mol. The molecule has 0 radical (unpaired) electrons. The van der Waals surface area contributed by atoms with E-state index in [9.17, 15) is 9.18 Å². The van der Waals surface area contributed by atoms with Gasteiger partial charge >= 0.3 is 0 Å². The van der Waals surface area contributed by atoms with Crippen LogP contribution in [0.4, 0.5) is 4.39 Å². The highest BCUT2D eigenvalue weighted by Crippen LogP contribution is 2.17. The lowest BCUT2D eigenvalue weighted by molar-refractivity contribution is -0.120. The molecule has 0 aliphatic heterocycles. The molecule has 0 bridgehead atoms. The van der Waals surface area contributed by atoms with E-state index in [1.807, 2.05) is 6.92 Å². The molecule has 1 aromatic carbocycles. The van der Waals surface area contributed by atoms with Crippen LogP contribution in [0.15, 0.2) is 24.3 Å². The molecule has 98 valence electrons. The Balaban J connectivity index is 2.53. The zero-order valence-electron chi connectivity index (χ0n) is 10.7. The van der Waals surface area contributed by atoms with Crippen LogP contribution in [-0.2, 0) is 4.79 Å². The van der Waals surface area contributed by atoms with Crippen LogP contribution in [0.25, 0.3) is 6.08 Å². The number of methoxy groups -OCH3 is 1. The summed E-state index contributed by atoms with van der Waals surface area (Å²) >= 11 is 0. The normalized spacial score (nSPS) is 10.6. The largest absolute Gasteiger partial charge is 0.497 e. The summed E-state index contributed by atoms with van der Waals surface area (Å²) in [5.41, 5.74) is 0.444. The molecule has 3 nitrogen and oxygen atoms in total. The Hall–Kier alpha value is -1.84.